The molecule has 0 fully saturated rings. The molecule has 0 saturated carbocycles. The summed E-state index contributed by atoms with van der Waals surface area (Å²) < 4.78 is 43.4. The standard InChI is InChI=1S/C21H15F3N2O2/c1-2-28-20(27)14(12-25)11-17-16-5-3-4-6-18(16)26-19(17)13-7-9-15(10-8-13)21(22,23)24/h3-11,26H,2H2,1H3. The zero-order chi connectivity index (χ0) is 20.3. The Morgan fingerprint density at radius 1 is 1.18 bits per heavy atom. The molecular formula is C21H15F3N2O2. The summed E-state index contributed by atoms with van der Waals surface area (Å²) in [5, 5.41) is 10.1. The van der Waals surface area contributed by atoms with E-state index in [9.17, 15) is 23.2 Å². The Morgan fingerprint density at radius 2 is 1.86 bits per heavy atom. The molecule has 1 aromatic heterocycles. The monoisotopic (exact) mass is 384 g/mol. The zero-order valence-corrected chi connectivity index (χ0v) is 14.8. The molecule has 0 aliphatic carbocycles. The Balaban J connectivity index is 2.17. The van der Waals surface area contributed by atoms with E-state index < -0.39 is 17.7 Å². The first-order chi connectivity index (χ1) is 13.3. The van der Waals surface area contributed by atoms with Gasteiger partial charge >= 0.3 is 12.1 Å². The van der Waals surface area contributed by atoms with Crippen LogP contribution in [0.15, 0.2) is 54.1 Å². The molecule has 0 aliphatic heterocycles. The van der Waals surface area contributed by atoms with Gasteiger partial charge in [0.1, 0.15) is 11.6 Å². The minimum atomic E-state index is -4.43. The minimum absolute atomic E-state index is 0.123. The van der Waals surface area contributed by atoms with Gasteiger partial charge in [0, 0.05) is 16.5 Å². The van der Waals surface area contributed by atoms with Crippen molar-refractivity contribution in [3.8, 4) is 17.3 Å². The van der Waals surface area contributed by atoms with Gasteiger partial charge < -0.3 is 9.72 Å². The number of aromatic amines is 1. The van der Waals surface area contributed by atoms with Crippen molar-refractivity contribution in [2.24, 2.45) is 0 Å². The molecule has 0 aliphatic rings. The van der Waals surface area contributed by atoms with E-state index in [2.05, 4.69) is 4.98 Å². The van der Waals surface area contributed by atoms with Crippen molar-refractivity contribution in [3.05, 3.63) is 65.2 Å². The molecule has 1 N–H and O–H groups in total. The third-order valence-electron chi connectivity index (χ3n) is 4.15. The summed E-state index contributed by atoms with van der Waals surface area (Å²) in [5.41, 5.74) is 1.31. The number of carbonyl (C=O) groups is 1. The van der Waals surface area contributed by atoms with Crippen LogP contribution in [0.25, 0.3) is 28.2 Å². The molecule has 0 spiro atoms. The van der Waals surface area contributed by atoms with E-state index in [1.165, 1.54) is 18.2 Å². The Bertz CT molecular complexity index is 1090. The zero-order valence-electron chi connectivity index (χ0n) is 14.8. The van der Waals surface area contributed by atoms with Gasteiger partial charge in [0.05, 0.1) is 17.9 Å². The number of halogens is 3. The number of ether oxygens (including phenoxy) is 1. The maximum atomic E-state index is 12.8. The third kappa shape index (κ3) is 3.76. The van der Waals surface area contributed by atoms with Crippen LogP contribution >= 0.6 is 0 Å². The lowest BCUT2D eigenvalue weighted by Crippen LogP contribution is -2.06. The second kappa shape index (κ2) is 7.61. The predicted octanol–water partition coefficient (Wildman–Crippen LogP) is 5.32. The number of hydrogen-bond acceptors (Lipinski definition) is 3. The molecule has 2 aromatic carbocycles. The number of hydrogen-bond donors (Lipinski definition) is 1. The number of nitrogens with zero attached hydrogens (tertiary/aromatic N) is 1. The van der Waals surface area contributed by atoms with Crippen molar-refractivity contribution in [1.82, 2.24) is 4.98 Å². The largest absolute Gasteiger partial charge is 0.462 e. The van der Waals surface area contributed by atoms with Gasteiger partial charge in [-0.1, -0.05) is 30.3 Å². The first kappa shape index (κ1) is 19.2. The average molecular weight is 384 g/mol. The number of nitriles is 1. The first-order valence-corrected chi connectivity index (χ1v) is 8.42. The van der Waals surface area contributed by atoms with Crippen LogP contribution in [-0.2, 0) is 15.7 Å². The second-order valence-electron chi connectivity index (χ2n) is 5.92. The SMILES string of the molecule is CCOC(=O)C(C#N)=Cc1c(-c2ccc(C(F)(F)F)cc2)[nH]c2ccccc12. The molecule has 4 nitrogen and oxygen atoms in total. The van der Waals surface area contributed by atoms with Crippen LogP contribution in [0, 0.1) is 11.3 Å². The molecule has 0 radical (unpaired) electrons. The maximum Gasteiger partial charge on any atom is 0.416 e. The summed E-state index contributed by atoms with van der Waals surface area (Å²) in [5.74, 6) is -0.756. The predicted molar refractivity (Wildman–Crippen MR) is 99.0 cm³/mol. The van der Waals surface area contributed by atoms with Gasteiger partial charge in [0.25, 0.3) is 0 Å². The number of nitrogens with one attached hydrogen (secondary N) is 1. The Labute approximate surface area is 158 Å². The Kier molecular flexibility index (Phi) is 5.23. The van der Waals surface area contributed by atoms with Crippen LogP contribution in [-0.4, -0.2) is 17.6 Å². The molecule has 1 heterocycles. The molecule has 142 valence electrons. The molecule has 0 atom stereocenters. The average Bonchev–Trinajstić information content (AvgIpc) is 3.04. The van der Waals surface area contributed by atoms with Gasteiger partial charge in [0.15, 0.2) is 0 Å². The number of alkyl halides is 3. The number of aromatic nitrogens is 1. The van der Waals surface area contributed by atoms with Gasteiger partial charge in [-0.2, -0.15) is 18.4 Å². The topological polar surface area (TPSA) is 65.9 Å². The molecule has 0 amide bonds. The van der Waals surface area contributed by atoms with Crippen molar-refractivity contribution < 1.29 is 22.7 Å². The van der Waals surface area contributed by atoms with Gasteiger partial charge in [0.2, 0.25) is 0 Å². The van der Waals surface area contributed by atoms with Crippen LogP contribution in [0.3, 0.4) is 0 Å². The van der Waals surface area contributed by atoms with Gasteiger partial charge in [-0.05, 0) is 36.8 Å². The Morgan fingerprint density at radius 3 is 2.46 bits per heavy atom. The van der Waals surface area contributed by atoms with Crippen LogP contribution in [0.4, 0.5) is 13.2 Å². The summed E-state index contributed by atoms with van der Waals surface area (Å²) in [6.45, 7) is 1.75. The molecule has 28 heavy (non-hydrogen) atoms. The number of benzene rings is 2. The summed E-state index contributed by atoms with van der Waals surface area (Å²) >= 11 is 0. The van der Waals surface area contributed by atoms with Gasteiger partial charge in [-0.15, -0.1) is 0 Å². The lowest BCUT2D eigenvalue weighted by molar-refractivity contribution is -0.138. The first-order valence-electron chi connectivity index (χ1n) is 8.42. The van der Waals surface area contributed by atoms with E-state index >= 15 is 0 Å². The minimum Gasteiger partial charge on any atom is -0.462 e. The maximum absolute atomic E-state index is 12.8. The molecule has 3 rings (SSSR count). The van der Waals surface area contributed by atoms with Crippen LogP contribution in [0.5, 0.6) is 0 Å². The summed E-state index contributed by atoms with van der Waals surface area (Å²) in [6, 6.07) is 13.7. The normalized spacial score (nSPS) is 12.0. The third-order valence-corrected chi connectivity index (χ3v) is 4.15. The highest BCUT2D eigenvalue weighted by atomic mass is 19.4. The van der Waals surface area contributed by atoms with Crippen LogP contribution < -0.4 is 0 Å². The fraction of sp³-hybridized carbons (Fsp3) is 0.143. The number of H-pyrrole nitrogens is 1. The number of fused-ring (bicyclic) bond motifs is 1. The molecule has 7 heteroatoms. The molecular weight excluding hydrogens is 369 g/mol. The highest BCUT2D eigenvalue weighted by molar-refractivity contribution is 6.04. The number of rotatable bonds is 4. The van der Waals surface area contributed by atoms with Gasteiger partial charge in [-0.25, -0.2) is 4.79 Å². The smallest absolute Gasteiger partial charge is 0.416 e. The van der Waals surface area contributed by atoms with Crippen molar-refractivity contribution in [3.63, 3.8) is 0 Å². The van der Waals surface area contributed by atoms with E-state index in [1.807, 2.05) is 6.07 Å². The van der Waals surface area contributed by atoms with E-state index in [-0.39, 0.29) is 12.2 Å². The van der Waals surface area contributed by atoms with Crippen molar-refractivity contribution in [2.75, 3.05) is 6.61 Å². The Hall–Kier alpha value is -3.53. The second-order valence-corrected chi connectivity index (χ2v) is 5.92. The van der Waals surface area contributed by atoms with Crippen molar-refractivity contribution in [2.45, 2.75) is 13.1 Å². The number of para-hydroxylation sites is 1. The fourth-order valence-electron chi connectivity index (χ4n) is 2.86. The van der Waals surface area contributed by atoms with Gasteiger partial charge in [-0.3, -0.25) is 0 Å². The molecule has 3 aromatic rings. The van der Waals surface area contributed by atoms with Crippen molar-refractivity contribution in [1.29, 1.82) is 5.26 Å². The highest BCUT2D eigenvalue weighted by Crippen LogP contribution is 2.35. The molecule has 0 unspecified atom stereocenters. The summed E-state index contributed by atoms with van der Waals surface area (Å²) in [7, 11) is 0. The van der Waals surface area contributed by atoms with E-state index in [4.69, 9.17) is 4.74 Å². The van der Waals surface area contributed by atoms with E-state index in [1.54, 1.807) is 31.2 Å². The molecule has 0 bridgehead atoms. The van der Waals surface area contributed by atoms with Crippen molar-refractivity contribution >= 4 is 22.9 Å². The van der Waals surface area contributed by atoms with Crippen LogP contribution in [0.1, 0.15) is 18.1 Å². The number of esters is 1. The summed E-state index contributed by atoms with van der Waals surface area (Å²) in [6.07, 6.45) is -3.04. The highest BCUT2D eigenvalue weighted by Gasteiger charge is 2.30. The van der Waals surface area contributed by atoms with E-state index in [0.29, 0.717) is 16.8 Å². The lowest BCUT2D eigenvalue weighted by atomic mass is 10.0. The fourth-order valence-corrected chi connectivity index (χ4v) is 2.86. The van der Waals surface area contributed by atoms with E-state index in [0.717, 1.165) is 23.0 Å². The lowest BCUT2D eigenvalue weighted by Gasteiger charge is -2.08. The van der Waals surface area contributed by atoms with Crippen LogP contribution in [0.2, 0.25) is 0 Å². The quantitative estimate of drug-likeness (QED) is 0.376. The molecule has 0 saturated heterocycles. The summed E-state index contributed by atoms with van der Waals surface area (Å²) in [4.78, 5) is 15.1. The number of carbonyl (C=O) groups excluding carboxylic acids is 1.